The lowest BCUT2D eigenvalue weighted by molar-refractivity contribution is 0.339. The fourth-order valence-electron chi connectivity index (χ4n) is 1.20. The van der Waals surface area contributed by atoms with Gasteiger partial charge in [-0.25, -0.2) is 0 Å². The van der Waals surface area contributed by atoms with Crippen molar-refractivity contribution >= 4 is 11.8 Å². The van der Waals surface area contributed by atoms with Crippen molar-refractivity contribution in [3.05, 3.63) is 35.8 Å². The van der Waals surface area contributed by atoms with Crippen LogP contribution in [0.4, 0.5) is 0 Å². The lowest BCUT2D eigenvalue weighted by Gasteiger charge is -2.07. The molecule has 2 heteroatoms. The molecule has 0 bridgehead atoms. The molecule has 1 rings (SSSR count). The summed E-state index contributed by atoms with van der Waals surface area (Å²) in [5.41, 5.74) is 0. The van der Waals surface area contributed by atoms with Gasteiger partial charge in [-0.2, -0.15) is 0 Å². The zero-order valence-corrected chi connectivity index (χ0v) is 8.05. The van der Waals surface area contributed by atoms with E-state index in [9.17, 15) is 0 Å². The van der Waals surface area contributed by atoms with Crippen molar-refractivity contribution in [3.8, 4) is 0 Å². The van der Waals surface area contributed by atoms with Crippen molar-refractivity contribution in [1.82, 2.24) is 0 Å². The number of thioether (sulfide) groups is 1. The molecule has 12 heavy (non-hydrogen) atoms. The normalized spacial score (nSPS) is 29.3. The monoisotopic (exact) mass is 182 g/mol. The fraction of sp³-hybridized carbons (Fsp3) is 0.400. The molecule has 0 saturated carbocycles. The van der Waals surface area contributed by atoms with E-state index in [4.69, 9.17) is 5.11 Å². The Kier molecular flexibility index (Phi) is 3.63. The summed E-state index contributed by atoms with van der Waals surface area (Å²) in [4.78, 5) is 1.08. The van der Waals surface area contributed by atoms with E-state index < -0.39 is 0 Å². The van der Waals surface area contributed by atoms with Gasteiger partial charge in [0, 0.05) is 10.2 Å². The van der Waals surface area contributed by atoms with Crippen LogP contribution in [0.2, 0.25) is 0 Å². The molecular formula is C10H14OS. The van der Waals surface area contributed by atoms with Gasteiger partial charge in [0.25, 0.3) is 0 Å². The van der Waals surface area contributed by atoms with Gasteiger partial charge in [-0.1, -0.05) is 37.8 Å². The fourth-order valence-corrected chi connectivity index (χ4v) is 2.38. The number of hydrogen-bond acceptors (Lipinski definition) is 2. The van der Waals surface area contributed by atoms with Gasteiger partial charge in [0.2, 0.25) is 0 Å². The summed E-state index contributed by atoms with van der Waals surface area (Å²) in [5.74, 6) is 0.522. The van der Waals surface area contributed by atoms with E-state index in [1.165, 1.54) is 0 Å². The quantitative estimate of drug-likeness (QED) is 0.676. The van der Waals surface area contributed by atoms with E-state index in [2.05, 4.69) is 25.7 Å². The van der Waals surface area contributed by atoms with E-state index in [1.807, 2.05) is 6.08 Å². The highest BCUT2D eigenvalue weighted by Gasteiger charge is 2.21. The molecule has 1 aliphatic heterocycles. The standard InChI is InChI=1S/C10H14OS/c1-3-4-5-10-8(2)6-9(7-11)12-10/h3-6,8,10-11H,1,7H2,2H3/b5-4-/t8?,10-/m1/s1. The second-order valence-corrected chi connectivity index (χ2v) is 4.16. The van der Waals surface area contributed by atoms with Crippen LogP contribution < -0.4 is 0 Å². The van der Waals surface area contributed by atoms with Crippen LogP contribution in [0.25, 0.3) is 0 Å². The van der Waals surface area contributed by atoms with Crippen molar-refractivity contribution < 1.29 is 5.11 Å². The van der Waals surface area contributed by atoms with Gasteiger partial charge in [0.1, 0.15) is 0 Å². The molecule has 0 fully saturated rings. The molecule has 66 valence electrons. The third-order valence-electron chi connectivity index (χ3n) is 1.85. The molecule has 0 spiro atoms. The molecule has 0 aliphatic carbocycles. The summed E-state index contributed by atoms with van der Waals surface area (Å²) in [5, 5.41) is 9.37. The third-order valence-corrected chi connectivity index (χ3v) is 3.27. The predicted octanol–water partition coefficient (Wildman–Crippen LogP) is 2.36. The summed E-state index contributed by atoms with van der Waals surface area (Å²) < 4.78 is 0. The number of hydrogen-bond donors (Lipinski definition) is 1. The average molecular weight is 182 g/mol. The third kappa shape index (κ3) is 2.26. The summed E-state index contributed by atoms with van der Waals surface area (Å²) in [6.07, 6.45) is 8.00. The number of aliphatic hydroxyl groups is 1. The van der Waals surface area contributed by atoms with Crippen molar-refractivity contribution in [2.75, 3.05) is 6.61 Å². The van der Waals surface area contributed by atoms with E-state index >= 15 is 0 Å². The average Bonchev–Trinajstić information content (AvgIpc) is 2.43. The van der Waals surface area contributed by atoms with Crippen LogP contribution in [0.15, 0.2) is 35.8 Å². The highest BCUT2D eigenvalue weighted by atomic mass is 32.2. The molecule has 1 unspecified atom stereocenters. The first-order chi connectivity index (χ1) is 5.77. The van der Waals surface area contributed by atoms with E-state index in [0.29, 0.717) is 11.2 Å². The van der Waals surface area contributed by atoms with Crippen molar-refractivity contribution in [2.45, 2.75) is 12.2 Å². The van der Waals surface area contributed by atoms with E-state index in [-0.39, 0.29) is 6.61 Å². The Morgan fingerprint density at radius 2 is 2.50 bits per heavy atom. The molecule has 1 nitrogen and oxygen atoms in total. The SMILES string of the molecule is C=C/C=C\[C@H]1SC(CO)=CC1C. The zero-order valence-electron chi connectivity index (χ0n) is 7.23. The molecule has 2 atom stereocenters. The van der Waals surface area contributed by atoms with Crippen LogP contribution >= 0.6 is 11.8 Å². The first-order valence-corrected chi connectivity index (χ1v) is 4.93. The highest BCUT2D eigenvalue weighted by Crippen LogP contribution is 2.36. The number of aliphatic hydroxyl groups excluding tert-OH is 1. The molecule has 1 aliphatic rings. The maximum atomic E-state index is 8.89. The summed E-state index contributed by atoms with van der Waals surface area (Å²) >= 11 is 1.74. The van der Waals surface area contributed by atoms with Gasteiger partial charge in [-0.15, -0.1) is 11.8 Å². The van der Waals surface area contributed by atoms with Crippen LogP contribution in [0.1, 0.15) is 6.92 Å². The molecule has 0 amide bonds. The molecule has 0 saturated heterocycles. The van der Waals surface area contributed by atoms with E-state index in [0.717, 1.165) is 4.91 Å². The van der Waals surface area contributed by atoms with Gasteiger partial charge in [0.05, 0.1) is 6.61 Å². The topological polar surface area (TPSA) is 20.2 Å². The first kappa shape index (κ1) is 9.62. The van der Waals surface area contributed by atoms with Gasteiger partial charge in [0.15, 0.2) is 0 Å². The minimum absolute atomic E-state index is 0.174. The molecule has 0 aromatic carbocycles. The maximum Gasteiger partial charge on any atom is 0.0737 e. The molecule has 0 radical (unpaired) electrons. The summed E-state index contributed by atoms with van der Waals surface area (Å²) in [7, 11) is 0. The highest BCUT2D eigenvalue weighted by molar-refractivity contribution is 8.04. The number of rotatable bonds is 3. The Morgan fingerprint density at radius 1 is 1.75 bits per heavy atom. The van der Waals surface area contributed by atoms with Gasteiger partial charge >= 0.3 is 0 Å². The lowest BCUT2D eigenvalue weighted by atomic mass is 10.1. The van der Waals surface area contributed by atoms with Crippen LogP contribution in [-0.4, -0.2) is 17.0 Å². The second kappa shape index (κ2) is 4.53. The van der Waals surface area contributed by atoms with Crippen molar-refractivity contribution in [3.63, 3.8) is 0 Å². The van der Waals surface area contributed by atoms with Crippen molar-refractivity contribution in [1.29, 1.82) is 0 Å². The summed E-state index contributed by atoms with van der Waals surface area (Å²) in [6.45, 7) is 5.96. The zero-order chi connectivity index (χ0) is 8.97. The van der Waals surface area contributed by atoms with Crippen LogP contribution in [0, 0.1) is 5.92 Å². The van der Waals surface area contributed by atoms with E-state index in [1.54, 1.807) is 17.8 Å². The van der Waals surface area contributed by atoms with Crippen molar-refractivity contribution in [2.24, 2.45) is 5.92 Å². The van der Waals surface area contributed by atoms with Crippen LogP contribution in [0.5, 0.6) is 0 Å². The van der Waals surface area contributed by atoms with Crippen LogP contribution in [-0.2, 0) is 0 Å². The molecule has 0 aromatic heterocycles. The van der Waals surface area contributed by atoms with Gasteiger partial charge in [-0.3, -0.25) is 0 Å². The van der Waals surface area contributed by atoms with Gasteiger partial charge in [-0.05, 0) is 5.92 Å². The molecule has 1 N–H and O–H groups in total. The predicted molar refractivity (Wildman–Crippen MR) is 55.0 cm³/mol. The minimum Gasteiger partial charge on any atom is -0.391 e. The Hall–Kier alpha value is -0.470. The largest absolute Gasteiger partial charge is 0.391 e. The first-order valence-electron chi connectivity index (χ1n) is 4.05. The van der Waals surface area contributed by atoms with Crippen LogP contribution in [0.3, 0.4) is 0 Å². The Balaban J connectivity index is 2.52. The Morgan fingerprint density at radius 3 is 3.00 bits per heavy atom. The smallest absolute Gasteiger partial charge is 0.0737 e. The minimum atomic E-state index is 0.174. The van der Waals surface area contributed by atoms with Gasteiger partial charge < -0.3 is 5.11 Å². The number of allylic oxidation sites excluding steroid dienone is 3. The maximum absolute atomic E-state index is 8.89. The Bertz CT molecular complexity index is 218. The Labute approximate surface area is 77.9 Å². The summed E-state index contributed by atoms with van der Waals surface area (Å²) in [6, 6.07) is 0. The lowest BCUT2D eigenvalue weighted by Crippen LogP contribution is -2.02. The molecule has 0 aromatic rings. The molecular weight excluding hydrogens is 168 g/mol. The molecule has 1 heterocycles. The second-order valence-electron chi connectivity index (χ2n) is 2.85.